The Kier molecular flexibility index (Phi) is 3.03. The summed E-state index contributed by atoms with van der Waals surface area (Å²) >= 11 is 0. The first-order valence-corrected chi connectivity index (χ1v) is 8.46. The fourth-order valence-corrected chi connectivity index (χ4v) is 5.18. The highest BCUT2D eigenvalue weighted by Crippen LogP contribution is 2.60. The molecule has 3 aliphatic heterocycles. The number of amides is 1. The lowest BCUT2D eigenvalue weighted by molar-refractivity contribution is -0.168. The van der Waals surface area contributed by atoms with Crippen molar-refractivity contribution in [1.82, 2.24) is 4.90 Å². The van der Waals surface area contributed by atoms with Gasteiger partial charge in [-0.1, -0.05) is 0 Å². The molecule has 1 aliphatic carbocycles. The van der Waals surface area contributed by atoms with Gasteiger partial charge in [0.15, 0.2) is 5.76 Å². The van der Waals surface area contributed by atoms with Gasteiger partial charge in [0.2, 0.25) is 11.7 Å². The van der Waals surface area contributed by atoms with E-state index in [1.165, 1.54) is 7.11 Å². The maximum atomic E-state index is 13.3. The van der Waals surface area contributed by atoms with Gasteiger partial charge in [-0.05, 0) is 50.7 Å². The number of hydrogen-bond donors (Lipinski definition) is 0. The molecule has 6 heteroatoms. The van der Waals surface area contributed by atoms with Crippen molar-refractivity contribution in [2.24, 2.45) is 0 Å². The molecule has 4 rings (SSSR count). The number of carbonyl (C=O) groups is 3. The molecule has 3 heterocycles. The molecule has 128 valence electrons. The first-order valence-electron chi connectivity index (χ1n) is 8.46. The molecule has 2 saturated heterocycles. The van der Waals surface area contributed by atoms with Gasteiger partial charge in [-0.25, -0.2) is 4.79 Å². The van der Waals surface area contributed by atoms with Crippen molar-refractivity contribution in [2.45, 2.75) is 57.1 Å². The van der Waals surface area contributed by atoms with E-state index < -0.39 is 17.1 Å². The molecule has 0 N–H and O–H groups in total. The van der Waals surface area contributed by atoms with Crippen LogP contribution in [0.5, 0.6) is 0 Å². The van der Waals surface area contributed by atoms with Crippen LogP contribution in [0, 0.1) is 0 Å². The Bertz CT molecular complexity index is 749. The Balaban J connectivity index is 2.05. The van der Waals surface area contributed by atoms with E-state index in [4.69, 9.17) is 9.47 Å². The minimum atomic E-state index is -1.53. The van der Waals surface area contributed by atoms with Crippen LogP contribution in [0.2, 0.25) is 0 Å². The zero-order valence-corrected chi connectivity index (χ0v) is 14.2. The Morgan fingerprint density at radius 3 is 2.54 bits per heavy atom. The van der Waals surface area contributed by atoms with Gasteiger partial charge in [0, 0.05) is 13.0 Å². The second kappa shape index (κ2) is 4.71. The van der Waals surface area contributed by atoms with Gasteiger partial charge in [-0.2, -0.15) is 0 Å². The predicted molar refractivity (Wildman–Crippen MR) is 83.8 cm³/mol. The smallest absolute Gasteiger partial charge is 0.338 e. The molecule has 0 saturated carbocycles. The molecule has 2 atom stereocenters. The zero-order chi connectivity index (χ0) is 17.3. The third kappa shape index (κ3) is 1.41. The first kappa shape index (κ1) is 15.4. The summed E-state index contributed by atoms with van der Waals surface area (Å²) in [5, 5.41) is 0. The van der Waals surface area contributed by atoms with Gasteiger partial charge >= 0.3 is 5.97 Å². The van der Waals surface area contributed by atoms with Crippen LogP contribution in [-0.4, -0.2) is 47.4 Å². The van der Waals surface area contributed by atoms with Crippen LogP contribution in [0.3, 0.4) is 0 Å². The zero-order valence-electron chi connectivity index (χ0n) is 14.2. The van der Waals surface area contributed by atoms with Gasteiger partial charge in [0.25, 0.3) is 5.60 Å². The van der Waals surface area contributed by atoms with Crippen LogP contribution in [0.4, 0.5) is 0 Å². The summed E-state index contributed by atoms with van der Waals surface area (Å²) in [5.74, 6) is -0.478. The van der Waals surface area contributed by atoms with Gasteiger partial charge < -0.3 is 14.4 Å². The lowest BCUT2D eigenvalue weighted by atomic mass is 9.73. The van der Waals surface area contributed by atoms with E-state index in [1.807, 2.05) is 0 Å². The summed E-state index contributed by atoms with van der Waals surface area (Å²) in [6.45, 7) is 3.98. The number of Topliss-reactive ketones (excluding diaryl/α,β-unsaturated/α-hetero) is 1. The molecule has 0 radical (unpaired) electrons. The van der Waals surface area contributed by atoms with E-state index in [0.717, 1.165) is 24.8 Å². The summed E-state index contributed by atoms with van der Waals surface area (Å²) in [6, 6.07) is 0. The number of nitrogens with zero attached hydrogens (tertiary/aromatic N) is 1. The van der Waals surface area contributed by atoms with Crippen LogP contribution in [0.25, 0.3) is 0 Å². The van der Waals surface area contributed by atoms with Crippen molar-refractivity contribution in [1.29, 1.82) is 0 Å². The number of ketones is 1. The van der Waals surface area contributed by atoms with Crippen LogP contribution in [0.15, 0.2) is 22.5 Å². The van der Waals surface area contributed by atoms with E-state index in [1.54, 1.807) is 18.7 Å². The Morgan fingerprint density at radius 2 is 1.83 bits per heavy atom. The van der Waals surface area contributed by atoms with Crippen LogP contribution in [0.1, 0.15) is 46.0 Å². The topological polar surface area (TPSA) is 72.9 Å². The van der Waals surface area contributed by atoms with E-state index in [0.29, 0.717) is 30.5 Å². The molecule has 0 aromatic carbocycles. The fraction of sp³-hybridized carbons (Fsp3) is 0.611. The minimum absolute atomic E-state index is 0.0207. The van der Waals surface area contributed by atoms with Crippen molar-refractivity contribution in [3.8, 4) is 0 Å². The maximum absolute atomic E-state index is 13.3. The third-order valence-corrected chi connectivity index (χ3v) is 6.13. The molecule has 2 spiro atoms. The lowest BCUT2D eigenvalue weighted by Crippen LogP contribution is -2.64. The number of methoxy groups -OCH3 is 1. The van der Waals surface area contributed by atoms with Crippen LogP contribution in [-0.2, 0) is 23.9 Å². The van der Waals surface area contributed by atoms with Crippen LogP contribution >= 0.6 is 0 Å². The summed E-state index contributed by atoms with van der Waals surface area (Å²) in [7, 11) is 1.46. The first-order chi connectivity index (χ1) is 11.4. The quantitative estimate of drug-likeness (QED) is 0.683. The number of hydrogen-bond acceptors (Lipinski definition) is 5. The third-order valence-electron chi connectivity index (χ3n) is 6.13. The van der Waals surface area contributed by atoms with Gasteiger partial charge in [-0.15, -0.1) is 0 Å². The average molecular weight is 331 g/mol. The largest absolute Gasteiger partial charge is 0.496 e. The molecular formula is C18H21NO5. The molecule has 0 aromatic rings. The monoisotopic (exact) mass is 331 g/mol. The SMILES string of the molecule is COC1=C(C)C(=O)O[C@@]12C(=O)C(C)=C1CCCCN3C(=O)CC[C@@]132. The minimum Gasteiger partial charge on any atom is -0.496 e. The summed E-state index contributed by atoms with van der Waals surface area (Å²) in [4.78, 5) is 40.1. The average Bonchev–Trinajstić information content (AvgIpc) is 3.00. The molecule has 4 aliphatic rings. The number of ether oxygens (including phenoxy) is 2. The molecule has 0 unspecified atom stereocenters. The molecule has 2 fully saturated rings. The Labute approximate surface area is 140 Å². The summed E-state index contributed by atoms with van der Waals surface area (Å²) < 4.78 is 11.3. The standard InChI is InChI=1S/C18H21NO5/c1-10-12-6-4-5-9-19-13(20)7-8-17(12,19)18(14(10)21)15(23-3)11(2)16(22)24-18/h4-9H2,1-3H3/t17-,18-/m0/s1. The van der Waals surface area contributed by atoms with E-state index in [-0.39, 0.29) is 17.4 Å². The Morgan fingerprint density at radius 1 is 1.08 bits per heavy atom. The molecule has 6 nitrogen and oxygen atoms in total. The van der Waals surface area contributed by atoms with E-state index >= 15 is 0 Å². The molecule has 0 aromatic heterocycles. The molecule has 24 heavy (non-hydrogen) atoms. The summed E-state index contributed by atoms with van der Waals surface area (Å²) in [6.07, 6.45) is 3.39. The van der Waals surface area contributed by atoms with Crippen LogP contribution < -0.4 is 0 Å². The van der Waals surface area contributed by atoms with Gasteiger partial charge in [0.1, 0.15) is 5.54 Å². The lowest BCUT2D eigenvalue weighted by Gasteiger charge is -2.45. The highest BCUT2D eigenvalue weighted by molar-refractivity contribution is 6.14. The normalized spacial score (nSPS) is 35.6. The van der Waals surface area contributed by atoms with Crippen molar-refractivity contribution < 1.29 is 23.9 Å². The highest BCUT2D eigenvalue weighted by atomic mass is 16.6. The van der Waals surface area contributed by atoms with Crippen molar-refractivity contribution in [3.05, 3.63) is 22.5 Å². The van der Waals surface area contributed by atoms with Crippen molar-refractivity contribution in [2.75, 3.05) is 13.7 Å². The number of esters is 1. The maximum Gasteiger partial charge on any atom is 0.338 e. The second-order valence-electron chi connectivity index (χ2n) is 7.02. The van der Waals surface area contributed by atoms with E-state index in [2.05, 4.69) is 0 Å². The predicted octanol–water partition coefficient (Wildman–Crippen LogP) is 1.65. The molecular weight excluding hydrogens is 310 g/mol. The summed E-state index contributed by atoms with van der Waals surface area (Å²) in [5.41, 5.74) is -0.543. The molecule has 1 amide bonds. The van der Waals surface area contributed by atoms with Crippen molar-refractivity contribution >= 4 is 17.7 Å². The second-order valence-corrected chi connectivity index (χ2v) is 7.02. The molecule has 0 bridgehead atoms. The van der Waals surface area contributed by atoms with Gasteiger partial charge in [0.05, 0.1) is 12.7 Å². The van der Waals surface area contributed by atoms with Gasteiger partial charge in [-0.3, -0.25) is 9.59 Å². The fourth-order valence-electron chi connectivity index (χ4n) is 5.18. The van der Waals surface area contributed by atoms with Crippen molar-refractivity contribution in [3.63, 3.8) is 0 Å². The number of carbonyl (C=O) groups excluding carboxylic acids is 3. The highest BCUT2D eigenvalue weighted by Gasteiger charge is 2.76. The number of rotatable bonds is 1. The Hall–Kier alpha value is -2.11. The van der Waals surface area contributed by atoms with E-state index in [9.17, 15) is 14.4 Å².